The minimum atomic E-state index is -0.358. The van der Waals surface area contributed by atoms with Crippen LogP contribution in [0.25, 0.3) is 11.0 Å². The Morgan fingerprint density at radius 1 is 1.15 bits per heavy atom. The molecule has 1 heterocycles. The van der Waals surface area contributed by atoms with Crippen LogP contribution in [0.15, 0.2) is 46.9 Å². The summed E-state index contributed by atoms with van der Waals surface area (Å²) in [4.78, 5) is 0. The van der Waals surface area contributed by atoms with E-state index < -0.39 is 0 Å². The molecule has 102 valence electrons. The van der Waals surface area contributed by atoms with E-state index in [-0.39, 0.29) is 5.82 Å². The maximum Gasteiger partial charge on any atom is 0.147 e. The molecule has 0 saturated carbocycles. The molecular formula is C16H13ClFNO. The predicted molar refractivity (Wildman–Crippen MR) is 79.7 cm³/mol. The van der Waals surface area contributed by atoms with Crippen molar-refractivity contribution in [1.29, 1.82) is 0 Å². The number of nitrogens with one attached hydrogen (secondary N) is 1. The van der Waals surface area contributed by atoms with E-state index in [1.165, 1.54) is 6.07 Å². The van der Waals surface area contributed by atoms with Gasteiger partial charge in [0.15, 0.2) is 0 Å². The maximum atomic E-state index is 13.7. The Kier molecular flexibility index (Phi) is 3.36. The molecule has 1 aromatic heterocycles. The fourth-order valence-electron chi connectivity index (χ4n) is 2.28. The van der Waals surface area contributed by atoms with Gasteiger partial charge >= 0.3 is 0 Å². The van der Waals surface area contributed by atoms with Gasteiger partial charge in [0.25, 0.3) is 0 Å². The third-order valence-corrected chi connectivity index (χ3v) is 3.62. The highest BCUT2D eigenvalue weighted by atomic mass is 35.5. The highest BCUT2D eigenvalue weighted by Gasteiger charge is 2.12. The quantitative estimate of drug-likeness (QED) is 0.721. The van der Waals surface area contributed by atoms with Crippen molar-refractivity contribution in [2.45, 2.75) is 13.5 Å². The third-order valence-electron chi connectivity index (χ3n) is 3.30. The van der Waals surface area contributed by atoms with Crippen molar-refractivity contribution in [3.05, 3.63) is 64.6 Å². The zero-order valence-electron chi connectivity index (χ0n) is 10.9. The lowest BCUT2D eigenvalue weighted by atomic mass is 10.1. The van der Waals surface area contributed by atoms with Crippen LogP contribution >= 0.6 is 11.6 Å². The fourth-order valence-corrected chi connectivity index (χ4v) is 2.51. The van der Waals surface area contributed by atoms with Crippen LogP contribution in [0.3, 0.4) is 0 Å². The Labute approximate surface area is 121 Å². The molecule has 0 amide bonds. The summed E-state index contributed by atoms with van der Waals surface area (Å²) in [7, 11) is 0. The molecule has 0 atom stereocenters. The van der Waals surface area contributed by atoms with E-state index in [0.29, 0.717) is 17.3 Å². The number of benzene rings is 2. The summed E-state index contributed by atoms with van der Waals surface area (Å²) >= 11 is 6.00. The van der Waals surface area contributed by atoms with E-state index in [2.05, 4.69) is 5.32 Å². The van der Waals surface area contributed by atoms with E-state index in [4.69, 9.17) is 16.0 Å². The van der Waals surface area contributed by atoms with Crippen molar-refractivity contribution in [3.63, 3.8) is 0 Å². The van der Waals surface area contributed by atoms with Crippen molar-refractivity contribution in [1.82, 2.24) is 0 Å². The molecule has 2 nitrogen and oxygen atoms in total. The van der Waals surface area contributed by atoms with Gasteiger partial charge < -0.3 is 9.73 Å². The van der Waals surface area contributed by atoms with Crippen LogP contribution < -0.4 is 5.32 Å². The number of anilines is 1. The molecule has 0 aliphatic heterocycles. The van der Waals surface area contributed by atoms with Gasteiger partial charge in [0.05, 0.1) is 10.7 Å². The summed E-state index contributed by atoms with van der Waals surface area (Å²) in [5, 5.41) is 4.45. The molecule has 1 N–H and O–H groups in total. The molecule has 3 aromatic rings. The standard InChI is InChI=1S/C16H13ClFNO/c1-10-12(11-5-2-3-8-15(11)20-10)9-19-16-13(17)6-4-7-14(16)18/h2-8,19H,9H2,1H3. The first-order valence-electron chi connectivity index (χ1n) is 6.31. The normalized spacial score (nSPS) is 10.9. The summed E-state index contributed by atoms with van der Waals surface area (Å²) in [6, 6.07) is 12.4. The van der Waals surface area contributed by atoms with E-state index >= 15 is 0 Å². The number of aryl methyl sites for hydroxylation is 1. The molecule has 2 aromatic carbocycles. The second kappa shape index (κ2) is 5.17. The lowest BCUT2D eigenvalue weighted by molar-refractivity contribution is 0.572. The van der Waals surface area contributed by atoms with Gasteiger partial charge in [-0.15, -0.1) is 0 Å². The molecule has 0 spiro atoms. The summed E-state index contributed by atoms with van der Waals surface area (Å²) < 4.78 is 19.4. The Bertz CT molecular complexity index is 746. The van der Waals surface area contributed by atoms with Gasteiger partial charge in [-0.1, -0.05) is 35.9 Å². The number of hydrogen-bond donors (Lipinski definition) is 1. The number of furan rings is 1. The first-order chi connectivity index (χ1) is 9.66. The molecule has 0 bridgehead atoms. The smallest absolute Gasteiger partial charge is 0.147 e. The van der Waals surface area contributed by atoms with Crippen molar-refractivity contribution in [2.75, 3.05) is 5.32 Å². The van der Waals surface area contributed by atoms with Crippen LogP contribution in [0.4, 0.5) is 10.1 Å². The average Bonchev–Trinajstić information content (AvgIpc) is 2.74. The second-order valence-electron chi connectivity index (χ2n) is 4.58. The molecule has 4 heteroatoms. The molecule has 0 unspecified atom stereocenters. The van der Waals surface area contributed by atoms with Gasteiger partial charge in [-0.3, -0.25) is 0 Å². The van der Waals surface area contributed by atoms with Crippen LogP contribution in [0.1, 0.15) is 11.3 Å². The molecule has 3 rings (SSSR count). The molecule has 0 radical (unpaired) electrons. The molecule has 0 aliphatic rings. The zero-order valence-corrected chi connectivity index (χ0v) is 11.7. The van der Waals surface area contributed by atoms with Crippen LogP contribution in [-0.4, -0.2) is 0 Å². The third kappa shape index (κ3) is 2.25. The first-order valence-corrected chi connectivity index (χ1v) is 6.69. The van der Waals surface area contributed by atoms with Gasteiger partial charge in [-0.2, -0.15) is 0 Å². The monoisotopic (exact) mass is 289 g/mol. The largest absolute Gasteiger partial charge is 0.461 e. The molecule has 20 heavy (non-hydrogen) atoms. The maximum absolute atomic E-state index is 13.7. The Hall–Kier alpha value is -2.00. The highest BCUT2D eigenvalue weighted by molar-refractivity contribution is 6.33. The highest BCUT2D eigenvalue weighted by Crippen LogP contribution is 2.29. The number of para-hydroxylation sites is 2. The van der Waals surface area contributed by atoms with E-state index in [9.17, 15) is 4.39 Å². The Balaban J connectivity index is 1.93. The lowest BCUT2D eigenvalue weighted by Gasteiger charge is -2.09. The Morgan fingerprint density at radius 2 is 1.95 bits per heavy atom. The van der Waals surface area contributed by atoms with Gasteiger partial charge in [-0.25, -0.2) is 4.39 Å². The minimum Gasteiger partial charge on any atom is -0.461 e. The fraction of sp³-hybridized carbons (Fsp3) is 0.125. The van der Waals surface area contributed by atoms with E-state index in [0.717, 1.165) is 22.3 Å². The Morgan fingerprint density at radius 3 is 2.75 bits per heavy atom. The average molecular weight is 290 g/mol. The molecule has 0 fully saturated rings. The predicted octanol–water partition coefficient (Wildman–Crippen LogP) is 5.15. The number of halogens is 2. The number of hydrogen-bond acceptors (Lipinski definition) is 2. The molecule has 0 saturated heterocycles. The van der Waals surface area contributed by atoms with Crippen molar-refractivity contribution in [3.8, 4) is 0 Å². The van der Waals surface area contributed by atoms with Crippen LogP contribution in [0.5, 0.6) is 0 Å². The zero-order chi connectivity index (χ0) is 14.1. The van der Waals surface area contributed by atoms with Crippen LogP contribution in [0.2, 0.25) is 5.02 Å². The van der Waals surface area contributed by atoms with E-state index in [1.54, 1.807) is 12.1 Å². The SMILES string of the molecule is Cc1oc2ccccc2c1CNc1c(F)cccc1Cl. The van der Waals surface area contributed by atoms with Crippen molar-refractivity contribution >= 4 is 28.3 Å². The van der Waals surface area contributed by atoms with Gasteiger partial charge in [-0.05, 0) is 25.1 Å². The van der Waals surface area contributed by atoms with Crippen LogP contribution in [0, 0.1) is 12.7 Å². The summed E-state index contributed by atoms with van der Waals surface area (Å²) in [6.45, 7) is 2.36. The van der Waals surface area contributed by atoms with Crippen molar-refractivity contribution in [2.24, 2.45) is 0 Å². The summed E-state index contributed by atoms with van der Waals surface area (Å²) in [5.74, 6) is 0.467. The summed E-state index contributed by atoms with van der Waals surface area (Å²) in [6.07, 6.45) is 0. The lowest BCUT2D eigenvalue weighted by Crippen LogP contribution is -2.02. The number of rotatable bonds is 3. The minimum absolute atomic E-state index is 0.318. The number of fused-ring (bicyclic) bond motifs is 1. The molecular weight excluding hydrogens is 277 g/mol. The molecule has 0 aliphatic carbocycles. The summed E-state index contributed by atoms with van der Waals surface area (Å²) in [5.41, 5.74) is 2.17. The first kappa shape index (κ1) is 13.0. The topological polar surface area (TPSA) is 25.2 Å². The second-order valence-corrected chi connectivity index (χ2v) is 4.99. The van der Waals surface area contributed by atoms with Crippen LogP contribution in [-0.2, 0) is 6.54 Å². The van der Waals surface area contributed by atoms with Gasteiger partial charge in [0, 0.05) is 17.5 Å². The van der Waals surface area contributed by atoms with E-state index in [1.807, 2.05) is 31.2 Å². The van der Waals surface area contributed by atoms with Crippen molar-refractivity contribution < 1.29 is 8.81 Å². The van der Waals surface area contributed by atoms with Gasteiger partial charge in [0.2, 0.25) is 0 Å². The van der Waals surface area contributed by atoms with Gasteiger partial charge in [0.1, 0.15) is 17.2 Å².